The van der Waals surface area contributed by atoms with Crippen molar-refractivity contribution in [2.75, 3.05) is 5.32 Å². The molecule has 0 aliphatic rings. The Kier molecular flexibility index (Phi) is 5.65. The number of carbonyl (C=O) groups is 2. The first-order chi connectivity index (χ1) is 10.7. The fourth-order valence-electron chi connectivity index (χ4n) is 2.05. The summed E-state index contributed by atoms with van der Waals surface area (Å²) in [6.07, 6.45) is 2.28. The van der Waals surface area contributed by atoms with Gasteiger partial charge in [0.15, 0.2) is 0 Å². The highest BCUT2D eigenvalue weighted by atomic mass is 16.2. The van der Waals surface area contributed by atoms with Gasteiger partial charge in [-0.1, -0.05) is 31.2 Å². The summed E-state index contributed by atoms with van der Waals surface area (Å²) in [4.78, 5) is 27.8. The number of rotatable bonds is 6. The first-order valence-electron chi connectivity index (χ1n) is 7.23. The molecule has 1 heterocycles. The maximum atomic E-state index is 11.9. The van der Waals surface area contributed by atoms with Crippen LogP contribution >= 0.6 is 0 Å². The first-order valence-corrected chi connectivity index (χ1v) is 7.23. The molecule has 5 heteroatoms. The normalized spacial score (nSPS) is 10.0. The molecule has 0 bridgehead atoms. The largest absolute Gasteiger partial charge is 0.350 e. The predicted octanol–water partition coefficient (Wildman–Crippen LogP) is 2.29. The summed E-state index contributed by atoms with van der Waals surface area (Å²) in [6, 6.07) is 13.0. The lowest BCUT2D eigenvalue weighted by Crippen LogP contribution is -2.28. The molecule has 0 saturated carbocycles. The molecule has 0 aliphatic heterocycles. The van der Waals surface area contributed by atoms with Gasteiger partial charge in [-0.3, -0.25) is 14.6 Å². The Morgan fingerprint density at radius 1 is 1.05 bits per heavy atom. The zero-order valence-corrected chi connectivity index (χ0v) is 12.5. The molecule has 114 valence electrons. The van der Waals surface area contributed by atoms with Gasteiger partial charge in [-0.15, -0.1) is 0 Å². The van der Waals surface area contributed by atoms with Crippen LogP contribution in [0.3, 0.4) is 0 Å². The first kappa shape index (κ1) is 15.7. The molecular formula is C17H19N3O2. The van der Waals surface area contributed by atoms with Crippen LogP contribution in [-0.2, 0) is 22.6 Å². The van der Waals surface area contributed by atoms with Gasteiger partial charge in [0.25, 0.3) is 0 Å². The van der Waals surface area contributed by atoms with Crippen LogP contribution in [0.2, 0.25) is 0 Å². The van der Waals surface area contributed by atoms with E-state index < -0.39 is 0 Å². The second kappa shape index (κ2) is 7.93. The van der Waals surface area contributed by atoms with Gasteiger partial charge in [0.05, 0.1) is 12.2 Å². The van der Waals surface area contributed by atoms with Crippen LogP contribution in [0.4, 0.5) is 5.69 Å². The Bertz CT molecular complexity index is 641. The van der Waals surface area contributed by atoms with E-state index in [9.17, 15) is 9.59 Å². The summed E-state index contributed by atoms with van der Waals surface area (Å²) in [5.41, 5.74) is 2.56. The number of hydrogen-bond acceptors (Lipinski definition) is 3. The molecule has 2 rings (SSSR count). The van der Waals surface area contributed by atoms with Crippen molar-refractivity contribution < 1.29 is 9.59 Å². The number of hydrogen-bond donors (Lipinski definition) is 2. The molecule has 0 atom stereocenters. The smallest absolute Gasteiger partial charge is 0.233 e. The highest BCUT2D eigenvalue weighted by Crippen LogP contribution is 2.15. The predicted molar refractivity (Wildman–Crippen MR) is 85.2 cm³/mol. The highest BCUT2D eigenvalue weighted by molar-refractivity contribution is 6.03. The molecule has 1 aromatic carbocycles. The maximum absolute atomic E-state index is 11.9. The lowest BCUT2D eigenvalue weighted by atomic mass is 10.1. The van der Waals surface area contributed by atoms with E-state index in [4.69, 9.17) is 0 Å². The minimum atomic E-state index is -0.322. The summed E-state index contributed by atoms with van der Waals surface area (Å²) in [5.74, 6) is -0.642. The maximum Gasteiger partial charge on any atom is 0.233 e. The Balaban J connectivity index is 1.82. The third-order valence-electron chi connectivity index (χ3n) is 3.19. The molecule has 0 unspecified atom stereocenters. The van der Waals surface area contributed by atoms with Crippen molar-refractivity contribution in [2.24, 2.45) is 0 Å². The molecule has 5 nitrogen and oxygen atoms in total. The molecule has 2 aromatic rings. The average molecular weight is 297 g/mol. The topological polar surface area (TPSA) is 71.1 Å². The number of pyridine rings is 1. The lowest BCUT2D eigenvalue weighted by Gasteiger charge is -2.09. The molecule has 0 aliphatic carbocycles. The van der Waals surface area contributed by atoms with Crippen molar-refractivity contribution in [2.45, 2.75) is 26.3 Å². The lowest BCUT2D eigenvalue weighted by molar-refractivity contribution is -0.126. The van der Waals surface area contributed by atoms with E-state index in [-0.39, 0.29) is 18.2 Å². The van der Waals surface area contributed by atoms with Gasteiger partial charge in [-0.05, 0) is 30.2 Å². The van der Waals surface area contributed by atoms with E-state index >= 15 is 0 Å². The molecule has 0 fully saturated rings. The Morgan fingerprint density at radius 2 is 1.82 bits per heavy atom. The SMILES string of the molecule is CCc1ccccc1NC(=O)CC(=O)NCc1ccccn1. The Labute approximate surface area is 129 Å². The van der Waals surface area contributed by atoms with Gasteiger partial charge in [0.2, 0.25) is 11.8 Å². The van der Waals surface area contributed by atoms with Gasteiger partial charge in [-0.2, -0.15) is 0 Å². The van der Waals surface area contributed by atoms with Crippen LogP contribution < -0.4 is 10.6 Å². The fraction of sp³-hybridized carbons (Fsp3) is 0.235. The zero-order valence-electron chi connectivity index (χ0n) is 12.5. The van der Waals surface area contributed by atoms with Crippen molar-refractivity contribution in [3.8, 4) is 0 Å². The summed E-state index contributed by atoms with van der Waals surface area (Å²) in [6.45, 7) is 2.34. The number of amides is 2. The van der Waals surface area contributed by atoms with E-state index in [2.05, 4.69) is 15.6 Å². The Morgan fingerprint density at radius 3 is 2.55 bits per heavy atom. The zero-order chi connectivity index (χ0) is 15.8. The van der Waals surface area contributed by atoms with Gasteiger partial charge >= 0.3 is 0 Å². The number of para-hydroxylation sites is 1. The average Bonchev–Trinajstić information content (AvgIpc) is 2.54. The quantitative estimate of drug-likeness (QED) is 0.804. The van der Waals surface area contributed by atoms with E-state index in [1.165, 1.54) is 0 Å². The van der Waals surface area contributed by atoms with Crippen LogP contribution in [0.15, 0.2) is 48.7 Å². The summed E-state index contributed by atoms with van der Waals surface area (Å²) < 4.78 is 0. The van der Waals surface area contributed by atoms with E-state index in [1.807, 2.05) is 49.4 Å². The molecule has 2 N–H and O–H groups in total. The van der Waals surface area contributed by atoms with Crippen LogP contribution in [0.25, 0.3) is 0 Å². The van der Waals surface area contributed by atoms with Crippen molar-refractivity contribution >= 4 is 17.5 Å². The highest BCUT2D eigenvalue weighted by Gasteiger charge is 2.11. The minimum Gasteiger partial charge on any atom is -0.350 e. The monoisotopic (exact) mass is 297 g/mol. The van der Waals surface area contributed by atoms with Crippen LogP contribution in [0.5, 0.6) is 0 Å². The summed E-state index contributed by atoms with van der Waals surface area (Å²) >= 11 is 0. The minimum absolute atomic E-state index is 0.203. The molecule has 0 radical (unpaired) electrons. The van der Waals surface area contributed by atoms with Crippen LogP contribution in [0, 0.1) is 0 Å². The van der Waals surface area contributed by atoms with E-state index in [0.717, 1.165) is 23.4 Å². The molecule has 2 amide bonds. The molecule has 0 spiro atoms. The molecule has 0 saturated heterocycles. The number of carbonyl (C=O) groups excluding carboxylic acids is 2. The van der Waals surface area contributed by atoms with Crippen LogP contribution in [0.1, 0.15) is 24.6 Å². The summed E-state index contributed by atoms with van der Waals surface area (Å²) in [5, 5.41) is 5.46. The standard InChI is InChI=1S/C17H19N3O2/c1-2-13-7-3-4-9-15(13)20-17(22)11-16(21)19-12-14-8-5-6-10-18-14/h3-10H,2,11-12H2,1H3,(H,19,21)(H,20,22). The second-order valence-electron chi connectivity index (χ2n) is 4.83. The van der Waals surface area contributed by atoms with Crippen molar-refractivity contribution in [1.82, 2.24) is 10.3 Å². The van der Waals surface area contributed by atoms with Gasteiger partial charge < -0.3 is 10.6 Å². The van der Waals surface area contributed by atoms with Crippen molar-refractivity contribution in [1.29, 1.82) is 0 Å². The number of benzene rings is 1. The number of aryl methyl sites for hydroxylation is 1. The molecule has 22 heavy (non-hydrogen) atoms. The van der Waals surface area contributed by atoms with Crippen molar-refractivity contribution in [3.05, 3.63) is 59.9 Å². The summed E-state index contributed by atoms with van der Waals surface area (Å²) in [7, 11) is 0. The number of nitrogens with one attached hydrogen (secondary N) is 2. The van der Waals surface area contributed by atoms with Crippen LogP contribution in [-0.4, -0.2) is 16.8 Å². The Hall–Kier alpha value is -2.69. The van der Waals surface area contributed by atoms with Gasteiger partial charge in [-0.25, -0.2) is 0 Å². The number of anilines is 1. The van der Waals surface area contributed by atoms with Gasteiger partial charge in [0.1, 0.15) is 6.42 Å². The fourth-order valence-corrected chi connectivity index (χ4v) is 2.05. The van der Waals surface area contributed by atoms with Gasteiger partial charge in [0, 0.05) is 11.9 Å². The third kappa shape index (κ3) is 4.70. The third-order valence-corrected chi connectivity index (χ3v) is 3.19. The number of aromatic nitrogens is 1. The van der Waals surface area contributed by atoms with E-state index in [0.29, 0.717) is 6.54 Å². The number of nitrogens with zero attached hydrogens (tertiary/aromatic N) is 1. The second-order valence-corrected chi connectivity index (χ2v) is 4.83. The van der Waals surface area contributed by atoms with E-state index in [1.54, 1.807) is 6.20 Å². The molecular weight excluding hydrogens is 278 g/mol. The van der Waals surface area contributed by atoms with Crippen molar-refractivity contribution in [3.63, 3.8) is 0 Å². The molecule has 1 aromatic heterocycles.